The molecule has 2 rings (SSSR count). The van der Waals surface area contributed by atoms with E-state index in [1.807, 2.05) is 0 Å². The van der Waals surface area contributed by atoms with Crippen molar-refractivity contribution in [2.45, 2.75) is 91.1 Å². The summed E-state index contributed by atoms with van der Waals surface area (Å²) in [5.41, 5.74) is 0.579. The van der Waals surface area contributed by atoms with Crippen LogP contribution in [0, 0.1) is 17.3 Å². The quantitative estimate of drug-likeness (QED) is 0.547. The van der Waals surface area contributed by atoms with E-state index in [9.17, 15) is 0 Å². The molecule has 0 spiro atoms. The van der Waals surface area contributed by atoms with E-state index in [0.717, 1.165) is 18.4 Å². The van der Waals surface area contributed by atoms with Crippen LogP contribution in [0.3, 0.4) is 0 Å². The maximum Gasteiger partial charge on any atom is 0.0612 e. The molecule has 0 N–H and O–H groups in total. The summed E-state index contributed by atoms with van der Waals surface area (Å²) >= 11 is 0. The SMILES string of the molecule is CCCCCCCCC1(C)CCC2C(C)COC2C1. The predicted molar refractivity (Wildman–Crippen MR) is 82.3 cm³/mol. The third-order valence-electron chi connectivity index (χ3n) is 5.69. The van der Waals surface area contributed by atoms with E-state index in [4.69, 9.17) is 4.74 Å². The highest BCUT2D eigenvalue weighted by Gasteiger charge is 2.43. The zero-order chi connectivity index (χ0) is 13.7. The Bertz CT molecular complexity index is 262. The second-order valence-corrected chi connectivity index (χ2v) is 7.58. The van der Waals surface area contributed by atoms with Gasteiger partial charge in [-0.05, 0) is 42.9 Å². The normalized spacial score (nSPS) is 38.4. The van der Waals surface area contributed by atoms with Crippen molar-refractivity contribution in [2.75, 3.05) is 6.61 Å². The topological polar surface area (TPSA) is 9.23 Å². The zero-order valence-electron chi connectivity index (χ0n) is 13.4. The van der Waals surface area contributed by atoms with Gasteiger partial charge in [-0.25, -0.2) is 0 Å². The van der Waals surface area contributed by atoms with Crippen LogP contribution < -0.4 is 0 Å². The third-order valence-corrected chi connectivity index (χ3v) is 5.69. The minimum absolute atomic E-state index is 0.579. The highest BCUT2D eigenvalue weighted by Crippen LogP contribution is 2.48. The highest BCUT2D eigenvalue weighted by molar-refractivity contribution is 4.93. The lowest BCUT2D eigenvalue weighted by Gasteiger charge is -2.40. The molecule has 1 aliphatic heterocycles. The summed E-state index contributed by atoms with van der Waals surface area (Å²) in [5, 5.41) is 0. The van der Waals surface area contributed by atoms with Crippen molar-refractivity contribution in [1.82, 2.24) is 0 Å². The molecule has 0 radical (unpaired) electrons. The summed E-state index contributed by atoms with van der Waals surface area (Å²) in [6.45, 7) is 8.20. The largest absolute Gasteiger partial charge is 0.378 e. The van der Waals surface area contributed by atoms with Crippen LogP contribution in [0.4, 0.5) is 0 Å². The first-order valence-electron chi connectivity index (χ1n) is 8.76. The lowest BCUT2D eigenvalue weighted by Crippen LogP contribution is -2.34. The number of hydrogen-bond donors (Lipinski definition) is 0. The molecule has 4 unspecified atom stereocenters. The summed E-state index contributed by atoms with van der Waals surface area (Å²) in [4.78, 5) is 0. The molecule has 0 aromatic carbocycles. The highest BCUT2D eigenvalue weighted by atomic mass is 16.5. The van der Waals surface area contributed by atoms with Crippen LogP contribution in [0.25, 0.3) is 0 Å². The van der Waals surface area contributed by atoms with Crippen molar-refractivity contribution in [3.63, 3.8) is 0 Å². The molecule has 112 valence electrons. The summed E-state index contributed by atoms with van der Waals surface area (Å²) < 4.78 is 6.02. The Hall–Kier alpha value is -0.0400. The standard InChI is InChI=1S/C18H34O/c1-4-5-6-7-8-9-11-18(3)12-10-16-15(2)14-19-17(16)13-18/h15-17H,4-14H2,1-3H3. The van der Waals surface area contributed by atoms with Crippen molar-refractivity contribution in [1.29, 1.82) is 0 Å². The molecular formula is C18H34O. The van der Waals surface area contributed by atoms with Crippen LogP contribution in [0.5, 0.6) is 0 Å². The lowest BCUT2D eigenvalue weighted by atomic mass is 9.66. The van der Waals surface area contributed by atoms with Crippen LogP contribution in [0.1, 0.15) is 85.0 Å². The number of ether oxygens (including phenoxy) is 1. The van der Waals surface area contributed by atoms with E-state index in [1.54, 1.807) is 0 Å². The molecule has 19 heavy (non-hydrogen) atoms. The van der Waals surface area contributed by atoms with Gasteiger partial charge < -0.3 is 4.74 Å². The molecule has 1 aliphatic carbocycles. The van der Waals surface area contributed by atoms with Crippen molar-refractivity contribution >= 4 is 0 Å². The Labute approximate surface area is 120 Å². The van der Waals surface area contributed by atoms with Gasteiger partial charge in [0.1, 0.15) is 0 Å². The first-order chi connectivity index (χ1) is 9.14. The van der Waals surface area contributed by atoms with Crippen LogP contribution >= 0.6 is 0 Å². The Balaban J connectivity index is 1.66. The van der Waals surface area contributed by atoms with E-state index in [1.165, 1.54) is 64.2 Å². The van der Waals surface area contributed by atoms with Gasteiger partial charge in [0, 0.05) is 6.61 Å². The van der Waals surface area contributed by atoms with Gasteiger partial charge in [0.15, 0.2) is 0 Å². The Morgan fingerprint density at radius 3 is 2.63 bits per heavy atom. The summed E-state index contributed by atoms with van der Waals surface area (Å²) in [7, 11) is 0. The average molecular weight is 266 g/mol. The molecule has 4 atom stereocenters. The maximum atomic E-state index is 6.02. The number of unbranched alkanes of at least 4 members (excludes halogenated alkanes) is 5. The van der Waals surface area contributed by atoms with E-state index < -0.39 is 0 Å². The minimum atomic E-state index is 0.579. The van der Waals surface area contributed by atoms with Gasteiger partial charge in [0.05, 0.1) is 6.10 Å². The first-order valence-corrected chi connectivity index (χ1v) is 8.76. The molecule has 1 saturated heterocycles. The third kappa shape index (κ3) is 4.21. The first kappa shape index (κ1) is 15.4. The van der Waals surface area contributed by atoms with Crippen LogP contribution in [-0.2, 0) is 4.74 Å². The van der Waals surface area contributed by atoms with Crippen molar-refractivity contribution in [3.8, 4) is 0 Å². The molecule has 2 fully saturated rings. The van der Waals surface area contributed by atoms with Gasteiger partial charge in [0.2, 0.25) is 0 Å². The lowest BCUT2D eigenvalue weighted by molar-refractivity contribution is 0.00933. The minimum Gasteiger partial charge on any atom is -0.378 e. The van der Waals surface area contributed by atoms with Gasteiger partial charge in [-0.15, -0.1) is 0 Å². The Morgan fingerprint density at radius 1 is 1.11 bits per heavy atom. The van der Waals surface area contributed by atoms with Gasteiger partial charge in [-0.3, -0.25) is 0 Å². The Morgan fingerprint density at radius 2 is 1.84 bits per heavy atom. The summed E-state index contributed by atoms with van der Waals surface area (Å²) in [6, 6.07) is 0. The molecule has 2 aliphatic rings. The Kier molecular flexibility index (Phi) is 5.74. The van der Waals surface area contributed by atoms with Crippen LogP contribution in [-0.4, -0.2) is 12.7 Å². The van der Waals surface area contributed by atoms with Crippen molar-refractivity contribution in [3.05, 3.63) is 0 Å². The molecule has 1 heterocycles. The smallest absolute Gasteiger partial charge is 0.0612 e. The fourth-order valence-electron chi connectivity index (χ4n) is 4.23. The maximum absolute atomic E-state index is 6.02. The molecule has 1 heteroatoms. The van der Waals surface area contributed by atoms with Crippen molar-refractivity contribution < 1.29 is 4.74 Å². The van der Waals surface area contributed by atoms with E-state index >= 15 is 0 Å². The van der Waals surface area contributed by atoms with E-state index in [-0.39, 0.29) is 0 Å². The number of fused-ring (bicyclic) bond motifs is 1. The van der Waals surface area contributed by atoms with Crippen LogP contribution in [0.15, 0.2) is 0 Å². The fourth-order valence-corrected chi connectivity index (χ4v) is 4.23. The van der Waals surface area contributed by atoms with E-state index in [2.05, 4.69) is 20.8 Å². The molecule has 1 nitrogen and oxygen atoms in total. The molecule has 1 saturated carbocycles. The molecule has 0 aromatic rings. The van der Waals surface area contributed by atoms with Crippen LogP contribution in [0.2, 0.25) is 0 Å². The van der Waals surface area contributed by atoms with Crippen molar-refractivity contribution in [2.24, 2.45) is 17.3 Å². The number of rotatable bonds is 7. The fraction of sp³-hybridized carbons (Fsp3) is 1.00. The zero-order valence-corrected chi connectivity index (χ0v) is 13.4. The second-order valence-electron chi connectivity index (χ2n) is 7.58. The van der Waals surface area contributed by atoms with E-state index in [0.29, 0.717) is 11.5 Å². The van der Waals surface area contributed by atoms with Gasteiger partial charge in [-0.1, -0.05) is 59.3 Å². The predicted octanol–water partition coefficient (Wildman–Crippen LogP) is 5.58. The monoisotopic (exact) mass is 266 g/mol. The summed E-state index contributed by atoms with van der Waals surface area (Å²) in [5.74, 6) is 1.68. The van der Waals surface area contributed by atoms with Gasteiger partial charge in [-0.2, -0.15) is 0 Å². The molecular weight excluding hydrogens is 232 g/mol. The number of hydrogen-bond acceptors (Lipinski definition) is 1. The van der Waals surface area contributed by atoms with Gasteiger partial charge in [0.25, 0.3) is 0 Å². The van der Waals surface area contributed by atoms with Gasteiger partial charge >= 0.3 is 0 Å². The average Bonchev–Trinajstić information content (AvgIpc) is 2.74. The molecule has 0 amide bonds. The molecule has 0 aromatic heterocycles. The molecule has 0 bridgehead atoms. The second kappa shape index (κ2) is 7.11. The summed E-state index contributed by atoms with van der Waals surface area (Å²) in [6.07, 6.45) is 14.8.